The molecule has 1 aromatic heterocycles. The monoisotopic (exact) mass is 272 g/mol. The molecule has 0 atom stereocenters. The molecule has 3 rings (SSSR count). The van der Waals surface area contributed by atoms with Crippen LogP contribution in [0.5, 0.6) is 0 Å². The van der Waals surface area contributed by atoms with E-state index in [-0.39, 0.29) is 5.91 Å². The number of aromatic nitrogens is 3. The fourth-order valence-electron chi connectivity index (χ4n) is 2.49. The molecule has 6 heteroatoms. The molecule has 0 aliphatic heterocycles. The van der Waals surface area contributed by atoms with Gasteiger partial charge < -0.3 is 10.4 Å². The van der Waals surface area contributed by atoms with E-state index in [2.05, 4.69) is 20.5 Å². The first-order chi connectivity index (χ1) is 9.67. The Morgan fingerprint density at radius 3 is 2.55 bits per heavy atom. The molecule has 104 valence electrons. The SMILES string of the molecule is O=C(Nc1ccc(-c2ncn[nH]2)cc1)C1(O)CCCC1. The smallest absolute Gasteiger partial charge is 0.256 e. The van der Waals surface area contributed by atoms with Crippen LogP contribution >= 0.6 is 0 Å². The molecule has 0 radical (unpaired) electrons. The van der Waals surface area contributed by atoms with Gasteiger partial charge in [0.25, 0.3) is 5.91 Å². The minimum absolute atomic E-state index is 0.317. The quantitative estimate of drug-likeness (QED) is 0.793. The third kappa shape index (κ3) is 2.42. The summed E-state index contributed by atoms with van der Waals surface area (Å²) >= 11 is 0. The maximum absolute atomic E-state index is 12.1. The second-order valence-corrected chi connectivity index (χ2v) is 5.10. The van der Waals surface area contributed by atoms with E-state index in [1.807, 2.05) is 12.1 Å². The molecule has 2 aromatic rings. The first-order valence-electron chi connectivity index (χ1n) is 6.67. The molecule has 3 N–H and O–H groups in total. The van der Waals surface area contributed by atoms with Crippen LogP contribution in [0.2, 0.25) is 0 Å². The van der Waals surface area contributed by atoms with Crippen LogP contribution in [0.15, 0.2) is 30.6 Å². The summed E-state index contributed by atoms with van der Waals surface area (Å²) in [7, 11) is 0. The van der Waals surface area contributed by atoms with Gasteiger partial charge in [-0.1, -0.05) is 0 Å². The van der Waals surface area contributed by atoms with E-state index in [0.717, 1.165) is 18.4 Å². The van der Waals surface area contributed by atoms with Crippen molar-refractivity contribution >= 4 is 11.6 Å². The Bertz CT molecular complexity index is 586. The molecule has 20 heavy (non-hydrogen) atoms. The maximum Gasteiger partial charge on any atom is 0.256 e. The number of aromatic amines is 1. The third-order valence-corrected chi connectivity index (χ3v) is 3.68. The van der Waals surface area contributed by atoms with Gasteiger partial charge in [0.2, 0.25) is 0 Å². The fourth-order valence-corrected chi connectivity index (χ4v) is 2.49. The first-order valence-corrected chi connectivity index (χ1v) is 6.67. The van der Waals surface area contributed by atoms with Gasteiger partial charge in [0, 0.05) is 11.3 Å². The van der Waals surface area contributed by atoms with E-state index in [9.17, 15) is 9.90 Å². The number of nitrogens with one attached hydrogen (secondary N) is 2. The van der Waals surface area contributed by atoms with Crippen LogP contribution in [0.4, 0.5) is 5.69 Å². The first kappa shape index (κ1) is 12.8. The van der Waals surface area contributed by atoms with Crippen LogP contribution in [0.25, 0.3) is 11.4 Å². The van der Waals surface area contributed by atoms with Gasteiger partial charge in [0.1, 0.15) is 11.9 Å². The Hall–Kier alpha value is -2.21. The molecular formula is C14H16N4O2. The summed E-state index contributed by atoms with van der Waals surface area (Å²) < 4.78 is 0. The summed E-state index contributed by atoms with van der Waals surface area (Å²) in [5.41, 5.74) is 0.350. The molecule has 0 saturated heterocycles. The van der Waals surface area contributed by atoms with Gasteiger partial charge in [-0.05, 0) is 49.9 Å². The Morgan fingerprint density at radius 2 is 1.95 bits per heavy atom. The zero-order valence-electron chi connectivity index (χ0n) is 11.0. The number of rotatable bonds is 3. The molecule has 1 heterocycles. The van der Waals surface area contributed by atoms with Crippen molar-refractivity contribution in [2.45, 2.75) is 31.3 Å². The van der Waals surface area contributed by atoms with Crippen LogP contribution in [-0.2, 0) is 4.79 Å². The van der Waals surface area contributed by atoms with Gasteiger partial charge in [0.15, 0.2) is 5.82 Å². The second-order valence-electron chi connectivity index (χ2n) is 5.10. The Labute approximate surface area is 116 Å². The lowest BCUT2D eigenvalue weighted by atomic mass is 10.0. The minimum atomic E-state index is -1.20. The number of H-pyrrole nitrogens is 1. The van der Waals surface area contributed by atoms with Crippen molar-refractivity contribution in [2.24, 2.45) is 0 Å². The molecule has 6 nitrogen and oxygen atoms in total. The summed E-state index contributed by atoms with van der Waals surface area (Å²) in [6.45, 7) is 0. The topological polar surface area (TPSA) is 90.9 Å². The summed E-state index contributed by atoms with van der Waals surface area (Å²) in [5, 5.41) is 19.5. The van der Waals surface area contributed by atoms with Crippen LogP contribution < -0.4 is 5.32 Å². The number of amides is 1. The summed E-state index contributed by atoms with van der Waals surface area (Å²) in [4.78, 5) is 16.1. The highest BCUT2D eigenvalue weighted by molar-refractivity contribution is 5.97. The Morgan fingerprint density at radius 1 is 1.25 bits per heavy atom. The number of hydrogen-bond acceptors (Lipinski definition) is 4. The molecule has 1 saturated carbocycles. The Kier molecular flexibility index (Phi) is 3.23. The molecule has 1 amide bonds. The zero-order chi connectivity index (χ0) is 14.0. The molecule has 0 spiro atoms. The largest absolute Gasteiger partial charge is 0.380 e. The van der Waals surface area contributed by atoms with E-state index in [1.54, 1.807) is 12.1 Å². The van der Waals surface area contributed by atoms with Gasteiger partial charge >= 0.3 is 0 Å². The Balaban J connectivity index is 1.71. The predicted octanol–water partition coefficient (Wildman–Crippen LogP) is 1.72. The molecular weight excluding hydrogens is 256 g/mol. The molecule has 1 aromatic carbocycles. The van der Waals surface area contributed by atoms with Crippen LogP contribution in [0, 0.1) is 0 Å². The lowest BCUT2D eigenvalue weighted by molar-refractivity contribution is -0.133. The number of anilines is 1. The minimum Gasteiger partial charge on any atom is -0.380 e. The van der Waals surface area contributed by atoms with E-state index in [0.29, 0.717) is 24.4 Å². The van der Waals surface area contributed by atoms with Gasteiger partial charge in [-0.15, -0.1) is 0 Å². The van der Waals surface area contributed by atoms with Crippen LogP contribution in [0.1, 0.15) is 25.7 Å². The third-order valence-electron chi connectivity index (χ3n) is 3.68. The molecule has 1 fully saturated rings. The maximum atomic E-state index is 12.1. The zero-order valence-corrected chi connectivity index (χ0v) is 11.0. The van der Waals surface area contributed by atoms with Crippen molar-refractivity contribution in [1.82, 2.24) is 15.2 Å². The van der Waals surface area contributed by atoms with Crippen molar-refractivity contribution in [3.8, 4) is 11.4 Å². The van der Waals surface area contributed by atoms with Crippen LogP contribution in [-0.4, -0.2) is 31.8 Å². The predicted molar refractivity (Wildman–Crippen MR) is 73.9 cm³/mol. The fraction of sp³-hybridized carbons (Fsp3) is 0.357. The molecule has 0 unspecified atom stereocenters. The highest BCUT2D eigenvalue weighted by atomic mass is 16.3. The average molecular weight is 272 g/mol. The number of aliphatic hydroxyl groups is 1. The van der Waals surface area contributed by atoms with Crippen molar-refractivity contribution in [1.29, 1.82) is 0 Å². The molecule has 0 bridgehead atoms. The van der Waals surface area contributed by atoms with Gasteiger partial charge in [-0.3, -0.25) is 9.89 Å². The summed E-state index contributed by atoms with van der Waals surface area (Å²) in [6, 6.07) is 7.26. The summed E-state index contributed by atoms with van der Waals surface area (Å²) in [6.07, 6.45) is 4.31. The van der Waals surface area contributed by atoms with E-state index >= 15 is 0 Å². The van der Waals surface area contributed by atoms with E-state index in [1.165, 1.54) is 6.33 Å². The molecule has 1 aliphatic carbocycles. The highest BCUT2D eigenvalue weighted by Crippen LogP contribution is 2.30. The molecule has 1 aliphatic rings. The van der Waals surface area contributed by atoms with Crippen molar-refractivity contribution in [3.05, 3.63) is 30.6 Å². The second kappa shape index (κ2) is 5.05. The van der Waals surface area contributed by atoms with Crippen LogP contribution in [0.3, 0.4) is 0 Å². The van der Waals surface area contributed by atoms with Crippen molar-refractivity contribution in [3.63, 3.8) is 0 Å². The number of carbonyl (C=O) groups is 1. The lowest BCUT2D eigenvalue weighted by Gasteiger charge is -2.20. The van der Waals surface area contributed by atoms with Crippen molar-refractivity contribution in [2.75, 3.05) is 5.32 Å². The average Bonchev–Trinajstić information content (AvgIpc) is 3.11. The number of carbonyl (C=O) groups excluding carboxylic acids is 1. The van der Waals surface area contributed by atoms with Gasteiger partial charge in [0.05, 0.1) is 0 Å². The number of hydrogen-bond donors (Lipinski definition) is 3. The van der Waals surface area contributed by atoms with E-state index in [4.69, 9.17) is 0 Å². The standard InChI is InChI=1S/C14H16N4O2/c19-13(14(20)7-1-2-8-14)17-11-5-3-10(4-6-11)12-15-9-16-18-12/h3-6,9,20H,1-2,7-8H2,(H,17,19)(H,15,16,18). The van der Waals surface area contributed by atoms with Gasteiger partial charge in [-0.25, -0.2) is 4.98 Å². The highest BCUT2D eigenvalue weighted by Gasteiger charge is 2.38. The normalized spacial score (nSPS) is 17.1. The number of nitrogens with zero attached hydrogens (tertiary/aromatic N) is 2. The lowest BCUT2D eigenvalue weighted by Crippen LogP contribution is -2.40. The summed E-state index contributed by atoms with van der Waals surface area (Å²) in [5.74, 6) is 0.361. The van der Waals surface area contributed by atoms with E-state index < -0.39 is 5.60 Å². The number of benzene rings is 1. The van der Waals surface area contributed by atoms with Crippen molar-refractivity contribution < 1.29 is 9.90 Å². The van der Waals surface area contributed by atoms with Gasteiger partial charge in [-0.2, -0.15) is 5.10 Å².